The van der Waals surface area contributed by atoms with Gasteiger partial charge >= 0.3 is 0 Å². The molecule has 0 saturated heterocycles. The molecule has 1 nitrogen and oxygen atoms in total. The summed E-state index contributed by atoms with van der Waals surface area (Å²) in [6.07, 6.45) is 0. The SMILES string of the molecule is CC(=N)c1ccc(C(C)C)s1. The van der Waals surface area contributed by atoms with Crippen LogP contribution in [0.4, 0.5) is 0 Å². The van der Waals surface area contributed by atoms with E-state index in [1.807, 2.05) is 13.0 Å². The van der Waals surface area contributed by atoms with E-state index >= 15 is 0 Å². The molecule has 0 saturated carbocycles. The highest BCUT2D eigenvalue weighted by atomic mass is 32.1. The molecule has 0 spiro atoms. The Labute approximate surface area is 71.6 Å². The van der Waals surface area contributed by atoms with Crippen molar-refractivity contribution < 1.29 is 0 Å². The van der Waals surface area contributed by atoms with Crippen LogP contribution >= 0.6 is 11.3 Å². The monoisotopic (exact) mass is 167 g/mol. The highest BCUT2D eigenvalue weighted by Gasteiger charge is 2.03. The third-order valence-corrected chi connectivity index (χ3v) is 3.07. The molecule has 0 aromatic carbocycles. The molecule has 0 aliphatic carbocycles. The Morgan fingerprint density at radius 2 is 2.09 bits per heavy atom. The van der Waals surface area contributed by atoms with Gasteiger partial charge in [0.25, 0.3) is 0 Å². The molecule has 11 heavy (non-hydrogen) atoms. The second-order valence-electron chi connectivity index (χ2n) is 2.98. The van der Waals surface area contributed by atoms with Gasteiger partial charge in [-0.15, -0.1) is 11.3 Å². The molecule has 2 heteroatoms. The molecule has 1 aromatic heterocycles. The number of thiophene rings is 1. The van der Waals surface area contributed by atoms with Gasteiger partial charge in [0, 0.05) is 15.5 Å². The zero-order valence-electron chi connectivity index (χ0n) is 7.14. The first-order chi connectivity index (χ1) is 5.11. The smallest absolute Gasteiger partial charge is 0.0478 e. The van der Waals surface area contributed by atoms with Crippen molar-refractivity contribution in [2.75, 3.05) is 0 Å². The van der Waals surface area contributed by atoms with Crippen molar-refractivity contribution >= 4 is 17.0 Å². The van der Waals surface area contributed by atoms with Crippen LogP contribution in [0.15, 0.2) is 12.1 Å². The van der Waals surface area contributed by atoms with Gasteiger partial charge in [-0.1, -0.05) is 13.8 Å². The summed E-state index contributed by atoms with van der Waals surface area (Å²) in [5.74, 6) is 0.591. The Kier molecular flexibility index (Phi) is 2.45. The van der Waals surface area contributed by atoms with Gasteiger partial charge < -0.3 is 5.41 Å². The molecule has 1 aromatic rings. The molecule has 60 valence electrons. The van der Waals surface area contributed by atoms with Gasteiger partial charge in [0.1, 0.15) is 0 Å². The van der Waals surface area contributed by atoms with Crippen LogP contribution in [0.2, 0.25) is 0 Å². The molecular weight excluding hydrogens is 154 g/mol. The normalized spacial score (nSPS) is 10.5. The minimum absolute atomic E-state index is 0.591. The molecule has 0 bridgehead atoms. The summed E-state index contributed by atoms with van der Waals surface area (Å²) in [7, 11) is 0. The molecule has 0 fully saturated rings. The maximum absolute atomic E-state index is 7.40. The fourth-order valence-corrected chi connectivity index (χ4v) is 1.78. The third kappa shape index (κ3) is 1.90. The van der Waals surface area contributed by atoms with Crippen molar-refractivity contribution in [3.63, 3.8) is 0 Å². The fourth-order valence-electron chi connectivity index (χ4n) is 0.865. The van der Waals surface area contributed by atoms with E-state index in [2.05, 4.69) is 19.9 Å². The molecule has 0 aliphatic heterocycles. The number of hydrogen-bond donors (Lipinski definition) is 1. The average molecular weight is 167 g/mol. The summed E-state index contributed by atoms with van der Waals surface area (Å²) in [6, 6.07) is 4.14. The summed E-state index contributed by atoms with van der Waals surface area (Å²) in [6.45, 7) is 6.18. The van der Waals surface area contributed by atoms with E-state index in [4.69, 9.17) is 5.41 Å². The van der Waals surface area contributed by atoms with Crippen molar-refractivity contribution in [2.45, 2.75) is 26.7 Å². The maximum atomic E-state index is 7.40. The van der Waals surface area contributed by atoms with Crippen LogP contribution < -0.4 is 0 Å². The van der Waals surface area contributed by atoms with E-state index in [1.165, 1.54) is 4.88 Å². The lowest BCUT2D eigenvalue weighted by atomic mass is 10.2. The molecule has 0 amide bonds. The first-order valence-electron chi connectivity index (χ1n) is 3.76. The second-order valence-corrected chi connectivity index (χ2v) is 4.10. The number of hydrogen-bond acceptors (Lipinski definition) is 2. The minimum Gasteiger partial charge on any atom is -0.304 e. The zero-order chi connectivity index (χ0) is 8.43. The summed E-state index contributed by atoms with van der Waals surface area (Å²) in [4.78, 5) is 2.46. The summed E-state index contributed by atoms with van der Waals surface area (Å²) in [5, 5.41) is 7.40. The van der Waals surface area contributed by atoms with Gasteiger partial charge in [-0.2, -0.15) is 0 Å². The van der Waals surface area contributed by atoms with E-state index < -0.39 is 0 Å². The van der Waals surface area contributed by atoms with E-state index in [1.54, 1.807) is 11.3 Å². The minimum atomic E-state index is 0.591. The van der Waals surface area contributed by atoms with Crippen LogP contribution in [0.5, 0.6) is 0 Å². The fraction of sp³-hybridized carbons (Fsp3) is 0.444. The van der Waals surface area contributed by atoms with E-state index in [-0.39, 0.29) is 0 Å². The molecule has 0 aliphatic rings. The van der Waals surface area contributed by atoms with Gasteiger partial charge in [-0.05, 0) is 25.0 Å². The zero-order valence-corrected chi connectivity index (χ0v) is 7.96. The van der Waals surface area contributed by atoms with Crippen molar-refractivity contribution in [3.05, 3.63) is 21.9 Å². The van der Waals surface area contributed by atoms with Crippen LogP contribution in [0.3, 0.4) is 0 Å². The number of rotatable bonds is 2. The standard InChI is InChI=1S/C9H13NS/c1-6(2)8-4-5-9(11-8)7(3)10/h4-6,10H,1-3H3. The quantitative estimate of drug-likeness (QED) is 0.654. The molecule has 0 atom stereocenters. The Balaban J connectivity index is 2.90. The Hall–Kier alpha value is -0.630. The molecule has 1 N–H and O–H groups in total. The Morgan fingerprint density at radius 1 is 1.45 bits per heavy atom. The lowest BCUT2D eigenvalue weighted by Crippen LogP contribution is -1.84. The van der Waals surface area contributed by atoms with Crippen molar-refractivity contribution in [3.8, 4) is 0 Å². The van der Waals surface area contributed by atoms with Crippen molar-refractivity contribution in [1.29, 1.82) is 5.41 Å². The van der Waals surface area contributed by atoms with Gasteiger partial charge in [0.15, 0.2) is 0 Å². The van der Waals surface area contributed by atoms with Crippen LogP contribution in [-0.2, 0) is 0 Å². The molecule has 0 radical (unpaired) electrons. The summed E-state index contributed by atoms with van der Waals surface area (Å²) in [5.41, 5.74) is 0.668. The van der Waals surface area contributed by atoms with Gasteiger partial charge in [0.05, 0.1) is 0 Å². The Bertz CT molecular complexity index is 260. The summed E-state index contributed by atoms with van der Waals surface area (Å²) >= 11 is 1.72. The van der Waals surface area contributed by atoms with Crippen LogP contribution in [0, 0.1) is 5.41 Å². The van der Waals surface area contributed by atoms with Crippen molar-refractivity contribution in [1.82, 2.24) is 0 Å². The topological polar surface area (TPSA) is 23.9 Å². The highest BCUT2D eigenvalue weighted by molar-refractivity contribution is 7.14. The van der Waals surface area contributed by atoms with E-state index in [0.717, 1.165) is 4.88 Å². The van der Waals surface area contributed by atoms with Crippen LogP contribution in [0.1, 0.15) is 36.4 Å². The van der Waals surface area contributed by atoms with E-state index in [9.17, 15) is 0 Å². The first kappa shape index (κ1) is 8.47. The third-order valence-electron chi connectivity index (χ3n) is 1.57. The van der Waals surface area contributed by atoms with Crippen molar-refractivity contribution in [2.24, 2.45) is 0 Å². The van der Waals surface area contributed by atoms with Gasteiger partial charge in [-0.3, -0.25) is 0 Å². The molecular formula is C9H13NS. The second kappa shape index (κ2) is 3.18. The van der Waals surface area contributed by atoms with Gasteiger partial charge in [-0.25, -0.2) is 0 Å². The lowest BCUT2D eigenvalue weighted by molar-refractivity contribution is 0.890. The average Bonchev–Trinajstić information content (AvgIpc) is 2.33. The van der Waals surface area contributed by atoms with Crippen LogP contribution in [-0.4, -0.2) is 5.71 Å². The highest BCUT2D eigenvalue weighted by Crippen LogP contribution is 2.24. The number of nitrogens with one attached hydrogen (secondary N) is 1. The first-order valence-corrected chi connectivity index (χ1v) is 4.58. The van der Waals surface area contributed by atoms with Gasteiger partial charge in [0.2, 0.25) is 0 Å². The van der Waals surface area contributed by atoms with Crippen LogP contribution in [0.25, 0.3) is 0 Å². The lowest BCUT2D eigenvalue weighted by Gasteiger charge is -1.97. The molecule has 1 heterocycles. The predicted molar refractivity (Wildman–Crippen MR) is 50.9 cm³/mol. The predicted octanol–water partition coefficient (Wildman–Crippen LogP) is 3.26. The maximum Gasteiger partial charge on any atom is 0.0478 e. The Morgan fingerprint density at radius 3 is 2.36 bits per heavy atom. The largest absolute Gasteiger partial charge is 0.304 e. The summed E-state index contributed by atoms with van der Waals surface area (Å²) < 4.78 is 0. The molecule has 0 unspecified atom stereocenters. The van der Waals surface area contributed by atoms with E-state index in [0.29, 0.717) is 11.6 Å². The molecule has 1 rings (SSSR count).